The number of carbonyl (C=O) groups excluding carboxylic acids is 1. The molecule has 3 N–H and O–H groups in total. The molecule has 0 aromatic rings. The normalized spacial score (nSPS) is 13.1. The van der Waals surface area contributed by atoms with Gasteiger partial charge in [0.25, 0.3) is 0 Å². The fourth-order valence-electron chi connectivity index (χ4n) is 1.23. The second-order valence-electron chi connectivity index (χ2n) is 4.40. The summed E-state index contributed by atoms with van der Waals surface area (Å²) in [5.74, 6) is 0.225. The van der Waals surface area contributed by atoms with Gasteiger partial charge in [0.1, 0.15) is 0 Å². The molecule has 0 spiro atoms. The Bertz CT molecular complexity index is 294. The Hall–Kier alpha value is -0.740. The predicted octanol–water partition coefficient (Wildman–Crippen LogP) is 2.05. The number of nitrogens with one attached hydrogen (secondary N) is 1. The van der Waals surface area contributed by atoms with E-state index < -0.39 is 6.04 Å². The van der Waals surface area contributed by atoms with Crippen LogP contribution in [0.2, 0.25) is 0 Å². The molecule has 0 bridgehead atoms. The summed E-state index contributed by atoms with van der Waals surface area (Å²) in [4.78, 5) is 11.3. The molecule has 0 aromatic carbocycles. The minimum absolute atomic E-state index is 0.145. The van der Waals surface area contributed by atoms with Crippen LogP contribution >= 0.6 is 12.6 Å². The first kappa shape index (κ1) is 16.3. The third-order valence-electron chi connectivity index (χ3n) is 2.35. The molecule has 0 saturated carbocycles. The second kappa shape index (κ2) is 9.31. The van der Waals surface area contributed by atoms with Crippen molar-refractivity contribution >= 4 is 18.5 Å². The molecule has 3 nitrogen and oxygen atoms in total. The molecule has 0 aliphatic carbocycles. The molecule has 17 heavy (non-hydrogen) atoms. The average molecular weight is 256 g/mol. The Kier molecular flexibility index (Phi) is 8.90. The van der Waals surface area contributed by atoms with Gasteiger partial charge in [0.15, 0.2) is 0 Å². The zero-order chi connectivity index (χ0) is 13.3. The highest BCUT2D eigenvalue weighted by Crippen LogP contribution is 2.05. The summed E-state index contributed by atoms with van der Waals surface area (Å²) >= 11 is 3.98. The van der Waals surface area contributed by atoms with Crippen molar-refractivity contribution in [2.24, 2.45) is 5.73 Å². The zero-order valence-corrected chi connectivity index (χ0v) is 11.9. The van der Waals surface area contributed by atoms with Gasteiger partial charge in [0.2, 0.25) is 5.91 Å². The molecular formula is C13H24N2OS. The predicted molar refractivity (Wildman–Crippen MR) is 77.3 cm³/mol. The monoisotopic (exact) mass is 256 g/mol. The maximum absolute atomic E-state index is 11.3. The van der Waals surface area contributed by atoms with Gasteiger partial charge in [-0.05, 0) is 33.6 Å². The number of allylic oxidation sites excluding steroid dienone is 3. The summed E-state index contributed by atoms with van der Waals surface area (Å²) in [6.07, 6.45) is 6.32. The molecular weight excluding hydrogens is 232 g/mol. The summed E-state index contributed by atoms with van der Waals surface area (Å²) in [6.45, 7) is 6.81. The van der Waals surface area contributed by atoms with Gasteiger partial charge in [-0.25, -0.2) is 0 Å². The van der Waals surface area contributed by atoms with Crippen LogP contribution in [-0.4, -0.2) is 24.2 Å². The smallest absolute Gasteiger partial charge is 0.238 e. The van der Waals surface area contributed by atoms with Crippen molar-refractivity contribution < 1.29 is 4.79 Å². The third kappa shape index (κ3) is 9.01. The van der Waals surface area contributed by atoms with Crippen molar-refractivity contribution in [1.29, 1.82) is 0 Å². The van der Waals surface area contributed by atoms with E-state index in [4.69, 9.17) is 5.73 Å². The lowest BCUT2D eigenvalue weighted by Gasteiger charge is -2.08. The molecule has 1 unspecified atom stereocenters. The van der Waals surface area contributed by atoms with Gasteiger partial charge >= 0.3 is 0 Å². The van der Waals surface area contributed by atoms with Crippen LogP contribution in [0.3, 0.4) is 0 Å². The molecule has 1 amide bonds. The van der Waals surface area contributed by atoms with Gasteiger partial charge in [-0.15, -0.1) is 0 Å². The van der Waals surface area contributed by atoms with Crippen LogP contribution in [0.5, 0.6) is 0 Å². The van der Waals surface area contributed by atoms with E-state index in [1.165, 1.54) is 11.1 Å². The molecule has 98 valence electrons. The zero-order valence-electron chi connectivity index (χ0n) is 11.0. The van der Waals surface area contributed by atoms with Crippen LogP contribution in [0.4, 0.5) is 0 Å². The first-order chi connectivity index (χ1) is 7.97. The maximum atomic E-state index is 11.3. The highest BCUT2D eigenvalue weighted by atomic mass is 32.1. The van der Waals surface area contributed by atoms with Gasteiger partial charge in [0.05, 0.1) is 6.04 Å². The molecule has 0 rings (SSSR count). The van der Waals surface area contributed by atoms with Gasteiger partial charge in [-0.1, -0.05) is 23.3 Å². The lowest BCUT2D eigenvalue weighted by Crippen LogP contribution is -2.41. The first-order valence-corrected chi connectivity index (χ1v) is 6.53. The van der Waals surface area contributed by atoms with E-state index in [0.717, 1.165) is 12.8 Å². The molecule has 1 atom stereocenters. The van der Waals surface area contributed by atoms with Crippen molar-refractivity contribution in [2.75, 3.05) is 12.3 Å². The molecule has 4 heteroatoms. The summed E-state index contributed by atoms with van der Waals surface area (Å²) < 4.78 is 0. The summed E-state index contributed by atoms with van der Waals surface area (Å²) in [6, 6.07) is -0.516. The third-order valence-corrected chi connectivity index (χ3v) is 2.74. The Labute approximate surface area is 110 Å². The lowest BCUT2D eigenvalue weighted by molar-refractivity contribution is -0.121. The molecule has 0 aromatic heterocycles. The van der Waals surface area contributed by atoms with Crippen molar-refractivity contribution in [1.82, 2.24) is 5.32 Å². The average Bonchev–Trinajstić information content (AvgIpc) is 2.27. The van der Waals surface area contributed by atoms with Crippen LogP contribution in [0.1, 0.15) is 33.6 Å². The SMILES string of the molecule is CC(C)=CCC/C(C)=C/CNC(=O)C(N)CS. The fraction of sp³-hybridized carbons (Fsp3) is 0.615. The van der Waals surface area contributed by atoms with Crippen LogP contribution in [-0.2, 0) is 4.79 Å². The highest BCUT2D eigenvalue weighted by molar-refractivity contribution is 7.80. The van der Waals surface area contributed by atoms with Crippen molar-refractivity contribution in [3.05, 3.63) is 23.3 Å². The number of nitrogens with two attached hydrogens (primary N) is 1. The largest absolute Gasteiger partial charge is 0.351 e. The van der Waals surface area contributed by atoms with Gasteiger partial charge in [0, 0.05) is 12.3 Å². The quantitative estimate of drug-likeness (QED) is 0.482. The number of carbonyl (C=O) groups is 1. The first-order valence-electron chi connectivity index (χ1n) is 5.90. The van der Waals surface area contributed by atoms with E-state index >= 15 is 0 Å². The van der Waals surface area contributed by atoms with Crippen LogP contribution in [0, 0.1) is 0 Å². The lowest BCUT2D eigenvalue weighted by atomic mass is 10.1. The van der Waals surface area contributed by atoms with Gasteiger partial charge < -0.3 is 11.1 Å². The fourth-order valence-corrected chi connectivity index (χ4v) is 1.40. The number of hydrogen-bond donors (Lipinski definition) is 3. The minimum atomic E-state index is -0.516. The van der Waals surface area contributed by atoms with E-state index in [2.05, 4.69) is 44.8 Å². The molecule has 0 saturated heterocycles. The van der Waals surface area contributed by atoms with E-state index in [9.17, 15) is 4.79 Å². The Balaban J connectivity index is 3.84. The number of amides is 1. The van der Waals surface area contributed by atoms with E-state index in [-0.39, 0.29) is 5.91 Å². The Morgan fingerprint density at radius 1 is 1.35 bits per heavy atom. The van der Waals surface area contributed by atoms with E-state index in [0.29, 0.717) is 12.3 Å². The molecule has 0 fully saturated rings. The molecule has 0 aliphatic heterocycles. The molecule has 0 radical (unpaired) electrons. The Morgan fingerprint density at radius 2 is 2.00 bits per heavy atom. The molecule has 0 aliphatic rings. The van der Waals surface area contributed by atoms with Gasteiger partial charge in [-0.2, -0.15) is 12.6 Å². The summed E-state index contributed by atoms with van der Waals surface area (Å²) in [7, 11) is 0. The standard InChI is InChI=1S/C13H24N2OS/c1-10(2)5-4-6-11(3)7-8-15-13(16)12(14)9-17/h5,7,12,17H,4,6,8-9,14H2,1-3H3,(H,15,16)/b11-7+. The number of rotatable bonds is 7. The van der Waals surface area contributed by atoms with Crippen molar-refractivity contribution in [2.45, 2.75) is 39.7 Å². The van der Waals surface area contributed by atoms with Gasteiger partial charge in [-0.3, -0.25) is 4.79 Å². The topological polar surface area (TPSA) is 55.1 Å². The van der Waals surface area contributed by atoms with Crippen LogP contribution in [0.15, 0.2) is 23.3 Å². The van der Waals surface area contributed by atoms with E-state index in [1.807, 2.05) is 6.08 Å². The summed E-state index contributed by atoms with van der Waals surface area (Å²) in [5, 5.41) is 2.76. The van der Waals surface area contributed by atoms with Crippen LogP contribution < -0.4 is 11.1 Å². The summed E-state index contributed by atoms with van der Waals surface area (Å²) in [5.41, 5.74) is 8.15. The molecule has 0 heterocycles. The highest BCUT2D eigenvalue weighted by Gasteiger charge is 2.08. The van der Waals surface area contributed by atoms with Crippen molar-refractivity contribution in [3.8, 4) is 0 Å². The second-order valence-corrected chi connectivity index (χ2v) is 4.77. The minimum Gasteiger partial charge on any atom is -0.351 e. The van der Waals surface area contributed by atoms with E-state index in [1.54, 1.807) is 0 Å². The maximum Gasteiger partial charge on any atom is 0.238 e. The van der Waals surface area contributed by atoms with Crippen LogP contribution in [0.25, 0.3) is 0 Å². The number of hydrogen-bond acceptors (Lipinski definition) is 3. The Morgan fingerprint density at radius 3 is 2.53 bits per heavy atom. The number of thiol groups is 1. The van der Waals surface area contributed by atoms with Crippen molar-refractivity contribution in [3.63, 3.8) is 0 Å².